The second-order valence-corrected chi connectivity index (χ2v) is 6.69. The number of aryl methyl sites for hydroxylation is 1. The van der Waals surface area contributed by atoms with Crippen molar-refractivity contribution >= 4 is 17.0 Å². The summed E-state index contributed by atoms with van der Waals surface area (Å²) in [5.41, 5.74) is 3.90. The number of aromatic nitrogens is 2. The molecule has 2 aromatic heterocycles. The molecule has 0 saturated carbocycles. The highest BCUT2D eigenvalue weighted by molar-refractivity contribution is 5.92. The summed E-state index contributed by atoms with van der Waals surface area (Å²) in [5, 5.41) is 9.26. The standard InChI is InChI=1S/C22H20N2O4/c1-14-5-3-7-20(15(14)2)28-13-21-23-18-11-16(22(25)26)8-9-19(18)24(21)12-17-6-4-10-27-17/h3-11H,12-13H2,1-2H3,(H,25,26). The molecule has 0 atom stereocenters. The van der Waals surface area contributed by atoms with Crippen LogP contribution in [0.25, 0.3) is 11.0 Å². The van der Waals surface area contributed by atoms with E-state index in [2.05, 4.69) is 4.98 Å². The quantitative estimate of drug-likeness (QED) is 0.533. The van der Waals surface area contributed by atoms with Crippen LogP contribution in [0.1, 0.15) is 33.1 Å². The smallest absolute Gasteiger partial charge is 0.335 e. The van der Waals surface area contributed by atoms with Gasteiger partial charge in [-0.3, -0.25) is 0 Å². The van der Waals surface area contributed by atoms with E-state index >= 15 is 0 Å². The normalized spacial score (nSPS) is 11.1. The van der Waals surface area contributed by atoms with E-state index in [1.165, 1.54) is 0 Å². The molecule has 2 aromatic carbocycles. The Hall–Kier alpha value is -3.54. The Labute approximate surface area is 162 Å². The summed E-state index contributed by atoms with van der Waals surface area (Å²) < 4.78 is 13.5. The van der Waals surface area contributed by atoms with Crippen LogP contribution in [0.2, 0.25) is 0 Å². The number of ether oxygens (including phenoxy) is 1. The van der Waals surface area contributed by atoms with Crippen LogP contribution < -0.4 is 4.74 Å². The molecular weight excluding hydrogens is 356 g/mol. The van der Waals surface area contributed by atoms with Crippen LogP contribution in [0, 0.1) is 13.8 Å². The molecule has 0 amide bonds. The van der Waals surface area contributed by atoms with Gasteiger partial charge in [-0.05, 0) is 61.4 Å². The van der Waals surface area contributed by atoms with E-state index in [0.717, 1.165) is 28.2 Å². The number of imidazole rings is 1. The van der Waals surface area contributed by atoms with Crippen LogP contribution in [-0.4, -0.2) is 20.6 Å². The van der Waals surface area contributed by atoms with E-state index in [4.69, 9.17) is 9.15 Å². The first-order chi connectivity index (χ1) is 13.5. The first-order valence-corrected chi connectivity index (χ1v) is 8.97. The fourth-order valence-corrected chi connectivity index (χ4v) is 3.18. The Bertz CT molecular complexity index is 1140. The number of benzene rings is 2. The average molecular weight is 376 g/mol. The molecule has 0 aliphatic heterocycles. The third kappa shape index (κ3) is 3.36. The largest absolute Gasteiger partial charge is 0.485 e. The number of fused-ring (bicyclic) bond motifs is 1. The minimum absolute atomic E-state index is 0.206. The number of furan rings is 1. The Morgan fingerprint density at radius 3 is 2.79 bits per heavy atom. The second-order valence-electron chi connectivity index (χ2n) is 6.69. The van der Waals surface area contributed by atoms with Crippen LogP contribution >= 0.6 is 0 Å². The first-order valence-electron chi connectivity index (χ1n) is 8.97. The fourth-order valence-electron chi connectivity index (χ4n) is 3.18. The Kier molecular flexibility index (Phi) is 4.61. The monoisotopic (exact) mass is 376 g/mol. The zero-order chi connectivity index (χ0) is 19.7. The third-order valence-electron chi connectivity index (χ3n) is 4.88. The summed E-state index contributed by atoms with van der Waals surface area (Å²) in [5.74, 6) is 1.32. The van der Waals surface area contributed by atoms with Gasteiger partial charge in [-0.2, -0.15) is 0 Å². The molecule has 6 heteroatoms. The highest BCUT2D eigenvalue weighted by Gasteiger charge is 2.15. The van der Waals surface area contributed by atoms with Gasteiger partial charge in [0.15, 0.2) is 0 Å². The number of rotatable bonds is 6. The molecule has 6 nitrogen and oxygen atoms in total. The van der Waals surface area contributed by atoms with E-state index < -0.39 is 5.97 Å². The van der Waals surface area contributed by atoms with Crippen molar-refractivity contribution in [3.05, 3.63) is 83.1 Å². The second kappa shape index (κ2) is 7.23. The SMILES string of the molecule is Cc1cccc(OCc2nc3cc(C(=O)O)ccc3n2Cc2ccco2)c1C. The summed E-state index contributed by atoms with van der Waals surface area (Å²) in [7, 11) is 0. The van der Waals surface area contributed by atoms with Gasteiger partial charge in [0.1, 0.15) is 23.9 Å². The van der Waals surface area contributed by atoms with E-state index in [0.29, 0.717) is 17.9 Å². The zero-order valence-corrected chi connectivity index (χ0v) is 15.7. The van der Waals surface area contributed by atoms with Crippen molar-refractivity contribution in [2.45, 2.75) is 27.0 Å². The lowest BCUT2D eigenvalue weighted by atomic mass is 10.1. The van der Waals surface area contributed by atoms with Crippen molar-refractivity contribution in [2.24, 2.45) is 0 Å². The number of hydrogen-bond acceptors (Lipinski definition) is 4. The molecule has 142 valence electrons. The van der Waals surface area contributed by atoms with Gasteiger partial charge in [-0.1, -0.05) is 12.1 Å². The minimum Gasteiger partial charge on any atom is -0.485 e. The molecule has 4 aromatic rings. The molecule has 0 saturated heterocycles. The van der Waals surface area contributed by atoms with Crippen molar-refractivity contribution in [3.8, 4) is 5.75 Å². The Morgan fingerprint density at radius 2 is 2.04 bits per heavy atom. The summed E-state index contributed by atoms with van der Waals surface area (Å²) in [6.45, 7) is 4.82. The highest BCUT2D eigenvalue weighted by Crippen LogP contribution is 2.24. The molecule has 28 heavy (non-hydrogen) atoms. The molecule has 1 N–H and O–H groups in total. The van der Waals surface area contributed by atoms with Crippen molar-refractivity contribution < 1.29 is 19.1 Å². The van der Waals surface area contributed by atoms with Gasteiger partial charge in [0.2, 0.25) is 0 Å². The molecule has 2 heterocycles. The Balaban J connectivity index is 1.72. The van der Waals surface area contributed by atoms with E-state index in [1.54, 1.807) is 24.5 Å². The molecule has 4 rings (SSSR count). The van der Waals surface area contributed by atoms with Crippen molar-refractivity contribution in [1.82, 2.24) is 9.55 Å². The lowest BCUT2D eigenvalue weighted by molar-refractivity contribution is 0.0697. The van der Waals surface area contributed by atoms with Crippen LogP contribution in [0.5, 0.6) is 5.75 Å². The fraction of sp³-hybridized carbons (Fsp3) is 0.182. The molecule has 0 spiro atoms. The van der Waals surface area contributed by atoms with Crippen molar-refractivity contribution in [2.75, 3.05) is 0 Å². The molecule has 0 aliphatic rings. The third-order valence-corrected chi connectivity index (χ3v) is 4.88. The number of carbonyl (C=O) groups is 1. The van der Waals surface area contributed by atoms with Crippen LogP contribution in [0.4, 0.5) is 0 Å². The maximum Gasteiger partial charge on any atom is 0.335 e. The topological polar surface area (TPSA) is 77.5 Å². The predicted molar refractivity (Wildman–Crippen MR) is 105 cm³/mol. The summed E-state index contributed by atoms with van der Waals surface area (Å²) in [4.78, 5) is 15.9. The molecule has 0 radical (unpaired) electrons. The van der Waals surface area contributed by atoms with Crippen LogP contribution in [0.15, 0.2) is 59.2 Å². The first kappa shape index (κ1) is 17.9. The summed E-state index contributed by atoms with van der Waals surface area (Å²) in [6, 6.07) is 14.6. The lowest BCUT2D eigenvalue weighted by Gasteiger charge is -2.12. The number of aromatic carboxylic acids is 1. The van der Waals surface area contributed by atoms with Crippen molar-refractivity contribution in [1.29, 1.82) is 0 Å². The predicted octanol–water partition coefficient (Wildman–Crippen LogP) is 4.57. The molecule has 0 unspecified atom stereocenters. The molecule has 0 fully saturated rings. The van der Waals surface area contributed by atoms with Crippen molar-refractivity contribution in [3.63, 3.8) is 0 Å². The molecule has 0 aliphatic carbocycles. The maximum atomic E-state index is 11.3. The van der Waals surface area contributed by atoms with Gasteiger partial charge < -0.3 is 18.8 Å². The van der Waals surface area contributed by atoms with Gasteiger partial charge >= 0.3 is 5.97 Å². The number of hydrogen-bond donors (Lipinski definition) is 1. The molecular formula is C22H20N2O4. The van der Waals surface area contributed by atoms with Gasteiger partial charge in [0, 0.05) is 0 Å². The lowest BCUT2D eigenvalue weighted by Crippen LogP contribution is -2.08. The van der Waals surface area contributed by atoms with Gasteiger partial charge in [0.05, 0.1) is 29.4 Å². The van der Waals surface area contributed by atoms with E-state index in [9.17, 15) is 9.90 Å². The number of carboxylic acid groups (broad SMARTS) is 1. The van der Waals surface area contributed by atoms with Crippen LogP contribution in [0.3, 0.4) is 0 Å². The summed E-state index contributed by atoms with van der Waals surface area (Å²) >= 11 is 0. The van der Waals surface area contributed by atoms with E-state index in [-0.39, 0.29) is 12.2 Å². The Morgan fingerprint density at radius 1 is 1.18 bits per heavy atom. The average Bonchev–Trinajstić information content (AvgIpc) is 3.31. The number of nitrogens with zero attached hydrogens (tertiary/aromatic N) is 2. The van der Waals surface area contributed by atoms with Crippen LogP contribution in [-0.2, 0) is 13.2 Å². The summed E-state index contributed by atoms with van der Waals surface area (Å²) in [6.07, 6.45) is 1.63. The zero-order valence-electron chi connectivity index (χ0n) is 15.7. The minimum atomic E-state index is -0.976. The maximum absolute atomic E-state index is 11.3. The van der Waals surface area contributed by atoms with Gasteiger partial charge in [-0.25, -0.2) is 9.78 Å². The number of carboxylic acids is 1. The van der Waals surface area contributed by atoms with Gasteiger partial charge in [-0.15, -0.1) is 0 Å². The van der Waals surface area contributed by atoms with E-state index in [1.807, 2.05) is 48.7 Å². The highest BCUT2D eigenvalue weighted by atomic mass is 16.5. The molecule has 0 bridgehead atoms. The van der Waals surface area contributed by atoms with Gasteiger partial charge in [0.25, 0.3) is 0 Å².